The number of fused-ring (bicyclic) bond motifs is 2. The lowest BCUT2D eigenvalue weighted by Gasteiger charge is -2.34. The quantitative estimate of drug-likeness (QED) is 0.194. The molecule has 1 saturated carbocycles. The fraction of sp³-hybridized carbons (Fsp3) is 0.889. The van der Waals surface area contributed by atoms with Gasteiger partial charge in [-0.1, -0.05) is 71.4 Å². The lowest BCUT2D eigenvalue weighted by Crippen LogP contribution is -2.43. The SMILES string of the molecule is CCCCCCCCCC(=O)N(CC1CC2C=CC1C2)C(C)CCCN(CC)CC. The van der Waals surface area contributed by atoms with E-state index in [1.165, 1.54) is 57.8 Å². The zero-order valence-electron chi connectivity index (χ0n) is 20.6. The number of carbonyl (C=O) groups excluding carboxylic acids is 1. The molecule has 4 unspecified atom stereocenters. The van der Waals surface area contributed by atoms with Gasteiger partial charge in [0.2, 0.25) is 5.91 Å². The van der Waals surface area contributed by atoms with Crippen LogP contribution in [0.25, 0.3) is 0 Å². The van der Waals surface area contributed by atoms with Gasteiger partial charge in [0, 0.05) is 19.0 Å². The van der Waals surface area contributed by atoms with Crippen molar-refractivity contribution in [3.05, 3.63) is 12.2 Å². The van der Waals surface area contributed by atoms with E-state index in [1.54, 1.807) is 0 Å². The molecule has 0 spiro atoms. The summed E-state index contributed by atoms with van der Waals surface area (Å²) in [6.07, 6.45) is 19.5. The van der Waals surface area contributed by atoms with Crippen LogP contribution < -0.4 is 0 Å². The van der Waals surface area contributed by atoms with Crippen LogP contribution in [-0.2, 0) is 4.79 Å². The van der Waals surface area contributed by atoms with Crippen LogP contribution in [0.2, 0.25) is 0 Å². The molecule has 0 aromatic rings. The molecule has 4 atom stereocenters. The van der Waals surface area contributed by atoms with E-state index >= 15 is 0 Å². The number of nitrogens with zero attached hydrogens (tertiary/aromatic N) is 2. The van der Waals surface area contributed by atoms with E-state index in [-0.39, 0.29) is 0 Å². The molecule has 2 aliphatic carbocycles. The zero-order chi connectivity index (χ0) is 21.8. The van der Waals surface area contributed by atoms with Gasteiger partial charge in [-0.25, -0.2) is 0 Å². The van der Waals surface area contributed by atoms with E-state index in [0.717, 1.165) is 57.3 Å². The number of unbranched alkanes of at least 4 members (excludes halogenated alkanes) is 6. The molecular formula is C27H50N2O. The number of amides is 1. The maximum atomic E-state index is 13.2. The lowest BCUT2D eigenvalue weighted by atomic mass is 9.92. The third kappa shape index (κ3) is 8.36. The van der Waals surface area contributed by atoms with Crippen LogP contribution in [0.5, 0.6) is 0 Å². The number of hydrogen-bond donors (Lipinski definition) is 0. The Morgan fingerprint density at radius 1 is 0.933 bits per heavy atom. The molecule has 0 aromatic carbocycles. The molecule has 30 heavy (non-hydrogen) atoms. The maximum Gasteiger partial charge on any atom is 0.222 e. The summed E-state index contributed by atoms with van der Waals surface area (Å²) >= 11 is 0. The molecule has 0 aliphatic heterocycles. The normalized spacial score (nSPS) is 23.4. The Morgan fingerprint density at radius 2 is 1.63 bits per heavy atom. The van der Waals surface area contributed by atoms with Crippen molar-refractivity contribution in [3.8, 4) is 0 Å². The molecule has 0 heterocycles. The minimum atomic E-state index is 0.376. The Hall–Kier alpha value is -0.830. The van der Waals surface area contributed by atoms with Gasteiger partial charge in [-0.2, -0.15) is 0 Å². The van der Waals surface area contributed by atoms with Crippen molar-refractivity contribution in [2.75, 3.05) is 26.2 Å². The van der Waals surface area contributed by atoms with Gasteiger partial charge in [0.15, 0.2) is 0 Å². The summed E-state index contributed by atoms with van der Waals surface area (Å²) in [7, 11) is 0. The molecule has 1 amide bonds. The van der Waals surface area contributed by atoms with Crippen molar-refractivity contribution in [1.82, 2.24) is 9.80 Å². The first-order chi connectivity index (χ1) is 14.6. The summed E-state index contributed by atoms with van der Waals surface area (Å²) in [6, 6.07) is 0.376. The summed E-state index contributed by atoms with van der Waals surface area (Å²) in [6.45, 7) is 13.5. The molecule has 2 rings (SSSR count). The molecule has 0 N–H and O–H groups in total. The van der Waals surface area contributed by atoms with Crippen LogP contribution in [0.4, 0.5) is 0 Å². The molecule has 0 radical (unpaired) electrons. The molecule has 0 saturated heterocycles. The topological polar surface area (TPSA) is 23.6 Å². The Kier molecular flexibility index (Phi) is 12.1. The highest BCUT2D eigenvalue weighted by atomic mass is 16.2. The van der Waals surface area contributed by atoms with Crippen LogP contribution in [0.3, 0.4) is 0 Å². The second-order valence-electron chi connectivity index (χ2n) is 9.98. The number of rotatable bonds is 17. The average molecular weight is 419 g/mol. The summed E-state index contributed by atoms with van der Waals surface area (Å²) in [4.78, 5) is 18.0. The third-order valence-corrected chi connectivity index (χ3v) is 7.68. The Balaban J connectivity index is 1.80. The van der Waals surface area contributed by atoms with Gasteiger partial charge >= 0.3 is 0 Å². The van der Waals surface area contributed by atoms with Crippen molar-refractivity contribution < 1.29 is 4.79 Å². The number of carbonyl (C=O) groups is 1. The zero-order valence-corrected chi connectivity index (χ0v) is 20.6. The molecular weight excluding hydrogens is 368 g/mol. The smallest absolute Gasteiger partial charge is 0.222 e. The predicted molar refractivity (Wildman–Crippen MR) is 130 cm³/mol. The lowest BCUT2D eigenvalue weighted by molar-refractivity contribution is -0.134. The van der Waals surface area contributed by atoms with Crippen LogP contribution in [0.1, 0.15) is 105 Å². The molecule has 0 aromatic heterocycles. The van der Waals surface area contributed by atoms with Crippen LogP contribution in [0.15, 0.2) is 12.2 Å². The van der Waals surface area contributed by atoms with E-state index in [9.17, 15) is 4.79 Å². The molecule has 2 aliphatic rings. The summed E-state index contributed by atoms with van der Waals surface area (Å²) in [5.74, 6) is 2.64. The first-order valence-corrected chi connectivity index (χ1v) is 13.3. The van der Waals surface area contributed by atoms with Crippen LogP contribution in [-0.4, -0.2) is 47.9 Å². The third-order valence-electron chi connectivity index (χ3n) is 7.68. The highest BCUT2D eigenvalue weighted by Gasteiger charge is 2.37. The van der Waals surface area contributed by atoms with Gasteiger partial charge < -0.3 is 9.80 Å². The largest absolute Gasteiger partial charge is 0.340 e. The summed E-state index contributed by atoms with van der Waals surface area (Å²) in [5, 5.41) is 0. The first kappa shape index (κ1) is 25.4. The van der Waals surface area contributed by atoms with Gasteiger partial charge in [0.05, 0.1) is 0 Å². The Bertz CT molecular complexity index is 499. The van der Waals surface area contributed by atoms with Gasteiger partial charge in [-0.3, -0.25) is 4.79 Å². The minimum Gasteiger partial charge on any atom is -0.340 e. The standard InChI is InChI=1S/C27H50N2O/c1-5-8-9-10-11-12-13-16-27(30)29(22-26-21-24-17-18-25(26)20-24)23(4)15-14-19-28(6-2)7-3/h17-18,23-26H,5-16,19-22H2,1-4H3. The monoisotopic (exact) mass is 418 g/mol. The highest BCUT2D eigenvalue weighted by Crippen LogP contribution is 2.44. The maximum absolute atomic E-state index is 13.2. The Morgan fingerprint density at radius 3 is 2.23 bits per heavy atom. The fourth-order valence-corrected chi connectivity index (χ4v) is 5.57. The molecule has 3 nitrogen and oxygen atoms in total. The van der Waals surface area contributed by atoms with Crippen molar-refractivity contribution in [2.45, 2.75) is 111 Å². The van der Waals surface area contributed by atoms with Gasteiger partial charge in [-0.05, 0) is 76.4 Å². The van der Waals surface area contributed by atoms with E-state index < -0.39 is 0 Å². The second-order valence-corrected chi connectivity index (χ2v) is 9.98. The molecule has 3 heteroatoms. The summed E-state index contributed by atoms with van der Waals surface area (Å²) in [5.41, 5.74) is 0. The summed E-state index contributed by atoms with van der Waals surface area (Å²) < 4.78 is 0. The Labute approximate surface area is 187 Å². The highest BCUT2D eigenvalue weighted by molar-refractivity contribution is 5.76. The van der Waals surface area contributed by atoms with E-state index in [4.69, 9.17) is 0 Å². The van der Waals surface area contributed by atoms with Crippen molar-refractivity contribution >= 4 is 5.91 Å². The first-order valence-electron chi connectivity index (χ1n) is 13.3. The molecule has 2 bridgehead atoms. The fourth-order valence-electron chi connectivity index (χ4n) is 5.57. The minimum absolute atomic E-state index is 0.376. The van der Waals surface area contributed by atoms with Crippen molar-refractivity contribution in [1.29, 1.82) is 0 Å². The van der Waals surface area contributed by atoms with Gasteiger partial charge in [0.1, 0.15) is 0 Å². The van der Waals surface area contributed by atoms with Gasteiger partial charge in [0.25, 0.3) is 0 Å². The van der Waals surface area contributed by atoms with E-state index in [2.05, 4.69) is 49.6 Å². The van der Waals surface area contributed by atoms with Crippen LogP contribution in [0, 0.1) is 17.8 Å². The number of hydrogen-bond acceptors (Lipinski definition) is 2. The van der Waals surface area contributed by atoms with Crippen molar-refractivity contribution in [3.63, 3.8) is 0 Å². The van der Waals surface area contributed by atoms with Crippen LogP contribution >= 0.6 is 0 Å². The van der Waals surface area contributed by atoms with Gasteiger partial charge in [-0.15, -0.1) is 0 Å². The van der Waals surface area contributed by atoms with E-state index in [1.807, 2.05) is 0 Å². The second kappa shape index (κ2) is 14.3. The average Bonchev–Trinajstić information content (AvgIpc) is 3.37. The number of allylic oxidation sites excluding steroid dienone is 2. The van der Waals surface area contributed by atoms with E-state index in [0.29, 0.717) is 17.9 Å². The molecule has 174 valence electrons. The predicted octanol–water partition coefficient (Wildman–Crippen LogP) is 6.68. The molecule has 1 fully saturated rings. The van der Waals surface area contributed by atoms with Crippen molar-refractivity contribution in [2.24, 2.45) is 17.8 Å².